The summed E-state index contributed by atoms with van der Waals surface area (Å²) in [5, 5.41) is 10.00. The van der Waals surface area contributed by atoms with Crippen molar-refractivity contribution < 1.29 is 0 Å². The zero-order chi connectivity index (χ0) is 31.5. The van der Waals surface area contributed by atoms with Gasteiger partial charge in [0.15, 0.2) is 5.69 Å². The largest absolute Gasteiger partial charge is 0.309 e. The van der Waals surface area contributed by atoms with E-state index in [0.29, 0.717) is 5.69 Å². The van der Waals surface area contributed by atoms with Crippen molar-refractivity contribution in [3.8, 4) is 11.4 Å². The normalized spacial score (nSPS) is 12.1. The van der Waals surface area contributed by atoms with Gasteiger partial charge in [0.2, 0.25) is 0 Å². The molecule has 0 bridgehead atoms. The van der Waals surface area contributed by atoms with Gasteiger partial charge in [-0.3, -0.25) is 0 Å². The van der Waals surface area contributed by atoms with Gasteiger partial charge >= 0.3 is 0 Å². The van der Waals surface area contributed by atoms with Crippen LogP contribution in [0.4, 0.5) is 5.69 Å². The Morgan fingerprint density at radius 3 is 1.58 bits per heavy atom. The highest BCUT2D eigenvalue weighted by Gasteiger charge is 2.18. The van der Waals surface area contributed by atoms with Gasteiger partial charge in [-0.1, -0.05) is 60.7 Å². The smallest absolute Gasteiger partial charge is 0.188 e. The van der Waals surface area contributed by atoms with Gasteiger partial charge in [-0.05, 0) is 84.2 Å². The fourth-order valence-corrected chi connectivity index (χ4v) is 9.99. The van der Waals surface area contributed by atoms with E-state index in [-0.39, 0.29) is 0 Å². The lowest BCUT2D eigenvalue weighted by Gasteiger charge is -2.10. The zero-order valence-corrected chi connectivity index (χ0v) is 27.1. The number of aromatic nitrogens is 2. The lowest BCUT2D eigenvalue weighted by Crippen LogP contribution is -1.94. The maximum atomic E-state index is 7.58. The molecule has 0 aliphatic heterocycles. The lowest BCUT2D eigenvalue weighted by molar-refractivity contribution is 1.19. The molecule has 0 fully saturated rings. The molecule has 0 saturated heterocycles. The molecule has 0 N–H and O–H groups in total. The molecular weight excluding hydrogens is 623 g/mol. The summed E-state index contributed by atoms with van der Waals surface area (Å²) in [6.45, 7) is 7.58. The monoisotopic (exact) mass is 645 g/mol. The molecule has 48 heavy (non-hydrogen) atoms. The molecule has 7 aromatic carbocycles. The Balaban J connectivity index is 1.17. The summed E-state index contributed by atoms with van der Waals surface area (Å²) in [6.07, 6.45) is 0. The molecular formula is C43H23N3S2. The highest BCUT2D eigenvalue weighted by molar-refractivity contribution is 7.26. The van der Waals surface area contributed by atoms with Crippen molar-refractivity contribution in [2.24, 2.45) is 0 Å². The van der Waals surface area contributed by atoms with E-state index in [1.807, 2.05) is 34.8 Å². The third-order valence-corrected chi connectivity index (χ3v) is 12.2. The first-order valence-corrected chi connectivity index (χ1v) is 17.6. The molecule has 0 spiro atoms. The Kier molecular flexibility index (Phi) is 5.21. The van der Waals surface area contributed by atoms with E-state index in [0.717, 1.165) is 27.5 Å². The molecule has 3 nitrogen and oxygen atoms in total. The molecule has 0 radical (unpaired) electrons. The van der Waals surface area contributed by atoms with Crippen molar-refractivity contribution in [3.05, 3.63) is 151 Å². The van der Waals surface area contributed by atoms with E-state index in [9.17, 15) is 0 Å². The van der Waals surface area contributed by atoms with Crippen LogP contribution >= 0.6 is 22.7 Å². The first kappa shape index (κ1) is 26.2. The number of thiophene rings is 2. The Labute approximate surface area is 282 Å². The summed E-state index contributed by atoms with van der Waals surface area (Å²) >= 11 is 3.72. The van der Waals surface area contributed by atoms with Crippen molar-refractivity contribution >= 4 is 112 Å². The molecule has 11 aromatic rings. The topological polar surface area (TPSA) is 14.2 Å². The van der Waals surface area contributed by atoms with Crippen LogP contribution in [-0.2, 0) is 0 Å². The average Bonchev–Trinajstić information content (AvgIpc) is 3.87. The molecule has 0 saturated carbocycles. The predicted octanol–water partition coefficient (Wildman–Crippen LogP) is 13.2. The second-order valence-corrected chi connectivity index (χ2v) is 14.6. The van der Waals surface area contributed by atoms with Gasteiger partial charge in [-0.25, -0.2) is 4.85 Å². The van der Waals surface area contributed by atoms with Crippen LogP contribution in [0.5, 0.6) is 0 Å². The minimum absolute atomic E-state index is 0.662. The molecule has 0 aliphatic carbocycles. The SMILES string of the molecule is [C-]#[N+]c1ccc2c(c1)c1ccccc1n2-c1ccc2sc3ccc(-n4c5ccccc5c5cc6c(cc54)sc4ccccc46)cc3c2c1. The van der Waals surface area contributed by atoms with Gasteiger partial charge in [0.1, 0.15) is 0 Å². The van der Waals surface area contributed by atoms with Crippen LogP contribution in [0.3, 0.4) is 0 Å². The minimum Gasteiger partial charge on any atom is -0.309 e. The highest BCUT2D eigenvalue weighted by Crippen LogP contribution is 2.43. The van der Waals surface area contributed by atoms with Gasteiger partial charge in [-0.2, -0.15) is 0 Å². The quantitative estimate of drug-likeness (QED) is 0.166. The molecule has 222 valence electrons. The number of benzene rings is 7. The average molecular weight is 646 g/mol. The van der Waals surface area contributed by atoms with E-state index in [1.54, 1.807) is 0 Å². The van der Waals surface area contributed by atoms with Crippen LogP contribution in [-0.4, -0.2) is 9.13 Å². The van der Waals surface area contributed by atoms with Crippen LogP contribution in [0.2, 0.25) is 0 Å². The van der Waals surface area contributed by atoms with Gasteiger partial charge in [0.25, 0.3) is 0 Å². The van der Waals surface area contributed by atoms with E-state index < -0.39 is 0 Å². The van der Waals surface area contributed by atoms with Crippen molar-refractivity contribution in [3.63, 3.8) is 0 Å². The van der Waals surface area contributed by atoms with Gasteiger partial charge < -0.3 is 9.13 Å². The summed E-state index contributed by atoms with van der Waals surface area (Å²) < 4.78 is 9.98. The molecule has 0 aliphatic rings. The molecule has 0 amide bonds. The van der Waals surface area contributed by atoms with Crippen LogP contribution in [0.1, 0.15) is 0 Å². The predicted molar refractivity (Wildman–Crippen MR) is 207 cm³/mol. The Morgan fingerprint density at radius 1 is 0.375 bits per heavy atom. The number of rotatable bonds is 2. The van der Waals surface area contributed by atoms with Crippen LogP contribution in [0.25, 0.3) is 100 Å². The second kappa shape index (κ2) is 9.56. The molecule has 0 unspecified atom stereocenters. The number of hydrogen-bond acceptors (Lipinski definition) is 2. The molecule has 5 heteroatoms. The number of para-hydroxylation sites is 2. The molecule has 0 atom stereocenters. The van der Waals surface area contributed by atoms with Gasteiger partial charge in [0.05, 0.1) is 28.6 Å². The summed E-state index contributed by atoms with van der Waals surface area (Å²) in [5.41, 5.74) is 7.67. The van der Waals surface area contributed by atoms with Crippen LogP contribution < -0.4 is 0 Å². The van der Waals surface area contributed by atoms with E-state index >= 15 is 0 Å². The van der Waals surface area contributed by atoms with E-state index in [1.165, 1.54) is 67.8 Å². The van der Waals surface area contributed by atoms with Crippen LogP contribution in [0, 0.1) is 6.57 Å². The molecule has 4 aromatic heterocycles. The fraction of sp³-hybridized carbons (Fsp3) is 0. The van der Waals surface area contributed by atoms with Crippen molar-refractivity contribution in [1.82, 2.24) is 9.13 Å². The fourth-order valence-electron chi connectivity index (χ4n) is 7.81. The van der Waals surface area contributed by atoms with Crippen molar-refractivity contribution in [1.29, 1.82) is 0 Å². The maximum absolute atomic E-state index is 7.58. The van der Waals surface area contributed by atoms with E-state index in [2.05, 4.69) is 141 Å². The number of nitrogens with zero attached hydrogens (tertiary/aromatic N) is 3. The summed E-state index contributed by atoms with van der Waals surface area (Å²) in [7, 11) is 0. The Hall–Kier alpha value is -5.93. The number of fused-ring (bicyclic) bond motifs is 12. The van der Waals surface area contributed by atoms with Crippen LogP contribution in [0.15, 0.2) is 140 Å². The summed E-state index contributed by atoms with van der Waals surface area (Å²) in [4.78, 5) is 3.71. The first-order valence-electron chi connectivity index (χ1n) is 16.0. The van der Waals surface area contributed by atoms with Crippen molar-refractivity contribution in [2.75, 3.05) is 0 Å². The standard InChI is InChI=1S/C43H23N3S2/c1-44-25-14-17-38-31(20-25)28-8-2-5-11-36(28)45(38)26-15-18-41-33(21-26)34-22-27(16-19-42(34)47-41)46-37-12-6-3-9-29(37)32-23-35-30-10-4-7-13-40(30)48-43(35)24-39(32)46/h2-24H. The minimum atomic E-state index is 0.662. The number of hydrogen-bond donors (Lipinski definition) is 0. The van der Waals surface area contributed by atoms with E-state index in [4.69, 9.17) is 6.57 Å². The van der Waals surface area contributed by atoms with Crippen molar-refractivity contribution in [2.45, 2.75) is 0 Å². The highest BCUT2D eigenvalue weighted by atomic mass is 32.1. The third-order valence-electron chi connectivity index (χ3n) is 9.91. The molecule has 11 rings (SSSR count). The Bertz CT molecular complexity index is 3200. The Morgan fingerprint density at radius 2 is 0.896 bits per heavy atom. The molecule has 4 heterocycles. The lowest BCUT2D eigenvalue weighted by atomic mass is 10.1. The van der Waals surface area contributed by atoms with Gasteiger partial charge in [0, 0.05) is 67.9 Å². The third kappa shape index (κ3) is 3.51. The summed E-state index contributed by atoms with van der Waals surface area (Å²) in [5.74, 6) is 0. The first-order chi connectivity index (χ1) is 23.7. The zero-order valence-electron chi connectivity index (χ0n) is 25.4. The second-order valence-electron chi connectivity index (χ2n) is 12.4. The van der Waals surface area contributed by atoms with Gasteiger partial charge in [-0.15, -0.1) is 22.7 Å². The summed E-state index contributed by atoms with van der Waals surface area (Å²) in [6, 6.07) is 50.7. The maximum Gasteiger partial charge on any atom is 0.188 e.